The standard InChI is InChI=1S/C10H20NO3PS/c1-9(2)8(15(12,13)14)11-10(16-9)6-4-3-5-7-10/h8,11H,3-7H2,1-2H3,(H2,12,13,14). The van der Waals surface area contributed by atoms with Gasteiger partial charge in [0.2, 0.25) is 0 Å². The fourth-order valence-electron chi connectivity index (χ4n) is 2.87. The van der Waals surface area contributed by atoms with Gasteiger partial charge in [-0.25, -0.2) is 0 Å². The Kier molecular flexibility index (Phi) is 3.22. The fourth-order valence-corrected chi connectivity index (χ4v) is 6.60. The predicted molar refractivity (Wildman–Crippen MR) is 66.5 cm³/mol. The Bertz CT molecular complexity index is 322. The Hall–Kier alpha value is 0.460. The van der Waals surface area contributed by atoms with Crippen molar-refractivity contribution in [2.75, 3.05) is 0 Å². The Labute approximate surface area is 101 Å². The Morgan fingerprint density at radius 3 is 2.25 bits per heavy atom. The van der Waals surface area contributed by atoms with Crippen LogP contribution in [0.1, 0.15) is 46.0 Å². The van der Waals surface area contributed by atoms with Crippen LogP contribution in [0.4, 0.5) is 0 Å². The van der Waals surface area contributed by atoms with Gasteiger partial charge in [-0.15, -0.1) is 11.8 Å². The van der Waals surface area contributed by atoms with Crippen molar-refractivity contribution < 1.29 is 14.4 Å². The van der Waals surface area contributed by atoms with E-state index in [1.165, 1.54) is 6.42 Å². The second-order valence-electron chi connectivity index (χ2n) is 5.40. The molecule has 3 N–H and O–H groups in total. The molecule has 1 saturated heterocycles. The van der Waals surface area contributed by atoms with Gasteiger partial charge < -0.3 is 9.79 Å². The van der Waals surface area contributed by atoms with Crippen LogP contribution in [0.25, 0.3) is 0 Å². The third-order valence-electron chi connectivity index (χ3n) is 3.51. The minimum Gasteiger partial charge on any atom is -0.323 e. The molecule has 6 heteroatoms. The average Bonchev–Trinajstić information content (AvgIpc) is 2.38. The van der Waals surface area contributed by atoms with Gasteiger partial charge in [0, 0.05) is 4.75 Å². The van der Waals surface area contributed by atoms with Crippen molar-refractivity contribution in [3.05, 3.63) is 0 Å². The first kappa shape index (κ1) is 12.9. The van der Waals surface area contributed by atoms with E-state index in [2.05, 4.69) is 5.32 Å². The SMILES string of the molecule is CC1(C)SC2(CCCCC2)NC1P(=O)(O)O. The Morgan fingerprint density at radius 2 is 1.81 bits per heavy atom. The highest BCUT2D eigenvalue weighted by molar-refractivity contribution is 8.02. The van der Waals surface area contributed by atoms with Crippen LogP contribution in [0.2, 0.25) is 0 Å². The lowest BCUT2D eigenvalue weighted by molar-refractivity contribution is 0.299. The van der Waals surface area contributed by atoms with Crippen molar-refractivity contribution in [3.8, 4) is 0 Å². The smallest absolute Gasteiger partial charge is 0.323 e. The van der Waals surface area contributed by atoms with Crippen molar-refractivity contribution >= 4 is 19.4 Å². The molecule has 0 bridgehead atoms. The van der Waals surface area contributed by atoms with Crippen LogP contribution >= 0.6 is 19.4 Å². The molecule has 4 nitrogen and oxygen atoms in total. The summed E-state index contributed by atoms with van der Waals surface area (Å²) < 4.78 is 11.1. The first-order valence-corrected chi connectivity index (χ1v) is 8.28. The maximum absolute atomic E-state index is 11.5. The molecule has 2 rings (SSSR count). The Balaban J connectivity index is 2.22. The van der Waals surface area contributed by atoms with E-state index in [1.54, 1.807) is 11.8 Å². The van der Waals surface area contributed by atoms with Crippen LogP contribution in [0, 0.1) is 0 Å². The highest BCUT2D eigenvalue weighted by atomic mass is 32.2. The number of thioether (sulfide) groups is 1. The number of hydrogen-bond donors (Lipinski definition) is 3. The molecule has 1 atom stereocenters. The van der Waals surface area contributed by atoms with E-state index in [4.69, 9.17) is 0 Å². The average molecular weight is 265 g/mol. The molecule has 2 fully saturated rings. The van der Waals surface area contributed by atoms with Gasteiger partial charge in [-0.3, -0.25) is 9.88 Å². The molecule has 0 aromatic carbocycles. The number of rotatable bonds is 1. The molecule has 1 aliphatic carbocycles. The van der Waals surface area contributed by atoms with Crippen molar-refractivity contribution in [3.63, 3.8) is 0 Å². The van der Waals surface area contributed by atoms with Gasteiger partial charge >= 0.3 is 7.60 Å². The van der Waals surface area contributed by atoms with Crippen LogP contribution in [0.5, 0.6) is 0 Å². The molecular formula is C10H20NO3PS. The summed E-state index contributed by atoms with van der Waals surface area (Å²) in [7, 11) is -4.06. The lowest BCUT2D eigenvalue weighted by Gasteiger charge is -2.33. The quantitative estimate of drug-likeness (QED) is 0.634. The van der Waals surface area contributed by atoms with Crippen molar-refractivity contribution in [2.24, 2.45) is 0 Å². The van der Waals surface area contributed by atoms with Crippen molar-refractivity contribution in [2.45, 2.75) is 61.4 Å². The normalized spacial score (nSPS) is 33.1. The summed E-state index contributed by atoms with van der Waals surface area (Å²) in [4.78, 5) is 18.7. The van der Waals surface area contributed by atoms with Gasteiger partial charge in [0.25, 0.3) is 0 Å². The second-order valence-corrected chi connectivity index (χ2v) is 9.13. The summed E-state index contributed by atoms with van der Waals surface area (Å²) in [6, 6.07) is 0. The van der Waals surface area contributed by atoms with Crippen molar-refractivity contribution in [1.29, 1.82) is 0 Å². The molecule has 1 spiro atoms. The lowest BCUT2D eigenvalue weighted by atomic mass is 9.94. The van der Waals surface area contributed by atoms with Crippen LogP contribution in [0.15, 0.2) is 0 Å². The molecule has 0 aromatic rings. The lowest BCUT2D eigenvalue weighted by Crippen LogP contribution is -2.44. The minimum absolute atomic E-state index is 0.0897. The molecule has 0 amide bonds. The zero-order valence-electron chi connectivity index (χ0n) is 9.77. The van der Waals surface area contributed by atoms with Crippen molar-refractivity contribution in [1.82, 2.24) is 5.32 Å². The molecule has 2 aliphatic rings. The van der Waals surface area contributed by atoms with Gasteiger partial charge in [0.15, 0.2) is 0 Å². The Morgan fingerprint density at radius 1 is 1.25 bits per heavy atom. The number of nitrogens with one attached hydrogen (secondary N) is 1. The van der Waals surface area contributed by atoms with Gasteiger partial charge in [-0.2, -0.15) is 0 Å². The fraction of sp³-hybridized carbons (Fsp3) is 1.00. The van der Waals surface area contributed by atoms with Crippen LogP contribution in [0.3, 0.4) is 0 Å². The summed E-state index contributed by atoms with van der Waals surface area (Å²) in [5.41, 5.74) is 0. The van der Waals surface area contributed by atoms with Gasteiger partial charge in [0.1, 0.15) is 5.78 Å². The largest absolute Gasteiger partial charge is 0.343 e. The van der Waals surface area contributed by atoms with E-state index in [0.717, 1.165) is 25.7 Å². The summed E-state index contributed by atoms with van der Waals surface area (Å²) >= 11 is 1.72. The second kappa shape index (κ2) is 3.99. The molecule has 0 radical (unpaired) electrons. The third kappa shape index (κ3) is 2.34. The third-order valence-corrected chi connectivity index (χ3v) is 6.81. The van der Waals surface area contributed by atoms with Gasteiger partial charge in [0.05, 0.1) is 4.87 Å². The van der Waals surface area contributed by atoms with Crippen LogP contribution < -0.4 is 5.32 Å². The van der Waals surface area contributed by atoms with Crippen LogP contribution in [-0.2, 0) is 4.57 Å². The number of hydrogen-bond acceptors (Lipinski definition) is 3. The highest BCUT2D eigenvalue weighted by Gasteiger charge is 2.56. The monoisotopic (exact) mass is 265 g/mol. The zero-order valence-corrected chi connectivity index (χ0v) is 11.5. The maximum Gasteiger partial charge on any atom is 0.343 e. The molecule has 0 aromatic heterocycles. The van der Waals surface area contributed by atoms with E-state index in [-0.39, 0.29) is 4.87 Å². The van der Waals surface area contributed by atoms with Crippen LogP contribution in [-0.4, -0.2) is 25.2 Å². The van der Waals surface area contributed by atoms with E-state index in [9.17, 15) is 14.4 Å². The molecular weight excluding hydrogens is 245 g/mol. The maximum atomic E-state index is 11.5. The summed E-state index contributed by atoms with van der Waals surface area (Å²) in [6.07, 6.45) is 5.61. The van der Waals surface area contributed by atoms with E-state index in [0.29, 0.717) is 0 Å². The predicted octanol–water partition coefficient (Wildman–Crippen LogP) is 2.27. The first-order valence-electron chi connectivity index (χ1n) is 5.78. The van der Waals surface area contributed by atoms with Gasteiger partial charge in [-0.1, -0.05) is 19.3 Å². The molecule has 1 heterocycles. The molecule has 16 heavy (non-hydrogen) atoms. The molecule has 1 saturated carbocycles. The van der Waals surface area contributed by atoms with E-state index < -0.39 is 18.1 Å². The minimum atomic E-state index is -4.06. The van der Waals surface area contributed by atoms with E-state index in [1.807, 2.05) is 13.8 Å². The molecule has 94 valence electrons. The molecule has 1 unspecified atom stereocenters. The van der Waals surface area contributed by atoms with E-state index >= 15 is 0 Å². The zero-order chi connectivity index (χ0) is 12.0. The first-order chi connectivity index (χ1) is 7.25. The van der Waals surface area contributed by atoms with Gasteiger partial charge in [-0.05, 0) is 26.7 Å². The topological polar surface area (TPSA) is 69.6 Å². The summed E-state index contributed by atoms with van der Waals surface area (Å²) in [5, 5.41) is 3.24. The summed E-state index contributed by atoms with van der Waals surface area (Å²) in [5.74, 6) is -0.705. The summed E-state index contributed by atoms with van der Waals surface area (Å²) in [6.45, 7) is 3.86. The molecule has 1 aliphatic heterocycles. The highest BCUT2D eigenvalue weighted by Crippen LogP contribution is 2.60.